The van der Waals surface area contributed by atoms with Crippen LogP contribution in [0.5, 0.6) is 0 Å². The fourth-order valence-electron chi connectivity index (χ4n) is 1.46. The van der Waals surface area contributed by atoms with Crippen molar-refractivity contribution in [3.05, 3.63) is 58.8 Å². The van der Waals surface area contributed by atoms with Gasteiger partial charge in [0.25, 0.3) is 5.91 Å². The normalized spacial score (nSPS) is 10.0. The molecule has 0 aliphatic carbocycles. The Labute approximate surface area is 119 Å². The van der Waals surface area contributed by atoms with Crippen molar-refractivity contribution >= 4 is 27.5 Å². The van der Waals surface area contributed by atoms with Crippen LogP contribution >= 0.6 is 15.9 Å². The van der Waals surface area contributed by atoms with Crippen molar-refractivity contribution in [2.45, 2.75) is 0 Å². The Morgan fingerprint density at radius 2 is 2.05 bits per heavy atom. The second-order valence-electron chi connectivity index (χ2n) is 3.64. The highest BCUT2D eigenvalue weighted by atomic mass is 79.9. The van der Waals surface area contributed by atoms with E-state index in [1.165, 1.54) is 7.11 Å². The quantitative estimate of drug-likeness (QED) is 0.880. The van der Waals surface area contributed by atoms with Gasteiger partial charge in [-0.15, -0.1) is 5.17 Å². The molecule has 1 N–H and O–H groups in total. The van der Waals surface area contributed by atoms with Crippen LogP contribution in [0.1, 0.15) is 10.4 Å². The molecule has 0 atom stereocenters. The van der Waals surface area contributed by atoms with E-state index in [-0.39, 0.29) is 5.91 Å². The molecule has 0 fully saturated rings. The topological polar surface area (TPSA) is 54.5 Å². The third-order valence-corrected chi connectivity index (χ3v) is 2.84. The van der Waals surface area contributed by atoms with Crippen molar-refractivity contribution in [1.29, 1.82) is 0 Å². The van der Waals surface area contributed by atoms with E-state index in [9.17, 15) is 4.79 Å². The zero-order chi connectivity index (χ0) is 13.7. The average molecular weight is 322 g/mol. The van der Waals surface area contributed by atoms with E-state index in [1.807, 2.05) is 6.07 Å². The number of nitrogens with zero attached hydrogens (tertiary/aromatic N) is 2. The number of carbonyl (C=O) groups excluding carboxylic acids is 1. The lowest BCUT2D eigenvalue weighted by Gasteiger charge is -2.21. The van der Waals surface area contributed by atoms with Gasteiger partial charge in [0, 0.05) is 22.4 Å². The molecule has 1 heterocycles. The number of rotatable bonds is 4. The van der Waals surface area contributed by atoms with Gasteiger partial charge in [0.15, 0.2) is 0 Å². The van der Waals surface area contributed by atoms with Gasteiger partial charge >= 0.3 is 0 Å². The van der Waals surface area contributed by atoms with Gasteiger partial charge in [-0.25, -0.2) is 0 Å². The molecule has 19 heavy (non-hydrogen) atoms. The number of hydrogen-bond acceptors (Lipinski definition) is 4. The van der Waals surface area contributed by atoms with Crippen molar-refractivity contribution in [2.75, 3.05) is 12.5 Å². The van der Waals surface area contributed by atoms with Gasteiger partial charge in [0.1, 0.15) is 0 Å². The van der Waals surface area contributed by atoms with E-state index in [4.69, 9.17) is 4.84 Å². The number of pyridine rings is 1. The minimum atomic E-state index is -0.291. The number of hydrazine groups is 1. The summed E-state index contributed by atoms with van der Waals surface area (Å²) >= 11 is 3.33. The molecule has 6 heteroatoms. The second kappa shape index (κ2) is 6.31. The summed E-state index contributed by atoms with van der Waals surface area (Å²) in [5.41, 5.74) is 4.07. The first-order valence-electron chi connectivity index (χ1n) is 5.51. The van der Waals surface area contributed by atoms with Crippen molar-refractivity contribution in [2.24, 2.45) is 0 Å². The maximum Gasteiger partial charge on any atom is 0.297 e. The van der Waals surface area contributed by atoms with E-state index in [0.29, 0.717) is 11.3 Å². The smallest absolute Gasteiger partial charge is 0.271 e. The fourth-order valence-corrected chi connectivity index (χ4v) is 1.86. The molecule has 5 nitrogen and oxygen atoms in total. The molecular formula is C13H12BrN3O2. The zero-order valence-corrected chi connectivity index (χ0v) is 11.8. The van der Waals surface area contributed by atoms with Crippen LogP contribution < -0.4 is 5.43 Å². The Balaban J connectivity index is 2.16. The van der Waals surface area contributed by atoms with Crippen molar-refractivity contribution in [1.82, 2.24) is 10.2 Å². The highest BCUT2D eigenvalue weighted by Gasteiger charge is 2.16. The SMILES string of the molecule is CON(Nc1ccncc1)C(=O)c1cccc(Br)c1. The van der Waals surface area contributed by atoms with E-state index < -0.39 is 0 Å². The summed E-state index contributed by atoms with van der Waals surface area (Å²) in [4.78, 5) is 21.2. The molecule has 0 bridgehead atoms. The fraction of sp³-hybridized carbons (Fsp3) is 0.0769. The van der Waals surface area contributed by atoms with Crippen LogP contribution in [0, 0.1) is 0 Å². The number of carbonyl (C=O) groups is 1. The summed E-state index contributed by atoms with van der Waals surface area (Å²) in [5, 5.41) is 1.07. The summed E-state index contributed by atoms with van der Waals surface area (Å²) < 4.78 is 0.832. The summed E-state index contributed by atoms with van der Waals surface area (Å²) in [5.74, 6) is -0.291. The van der Waals surface area contributed by atoms with E-state index in [0.717, 1.165) is 9.64 Å². The van der Waals surface area contributed by atoms with Crippen LogP contribution in [0.4, 0.5) is 5.69 Å². The molecule has 0 aliphatic rings. The highest BCUT2D eigenvalue weighted by molar-refractivity contribution is 9.10. The standard InChI is InChI=1S/C13H12BrN3O2/c1-19-17(16-12-5-7-15-8-6-12)13(18)10-3-2-4-11(14)9-10/h2-9H,1H3,(H,15,16). The maximum atomic E-state index is 12.2. The Kier molecular flexibility index (Phi) is 4.48. The Bertz CT molecular complexity index is 563. The molecule has 1 amide bonds. The van der Waals surface area contributed by atoms with E-state index in [1.54, 1.807) is 42.7 Å². The third-order valence-electron chi connectivity index (χ3n) is 2.35. The molecule has 0 saturated carbocycles. The van der Waals surface area contributed by atoms with Crippen molar-refractivity contribution < 1.29 is 9.63 Å². The number of aromatic nitrogens is 1. The van der Waals surface area contributed by atoms with Crippen LogP contribution in [-0.4, -0.2) is 23.2 Å². The second-order valence-corrected chi connectivity index (χ2v) is 4.56. The number of hydrogen-bond donors (Lipinski definition) is 1. The van der Waals surface area contributed by atoms with E-state index >= 15 is 0 Å². The Morgan fingerprint density at radius 1 is 1.32 bits per heavy atom. The average Bonchev–Trinajstić information content (AvgIpc) is 2.45. The molecule has 1 aromatic heterocycles. The minimum absolute atomic E-state index is 0.291. The first-order chi connectivity index (χ1) is 9.20. The predicted octanol–water partition coefficient (Wildman–Crippen LogP) is 2.87. The molecule has 0 saturated heterocycles. The number of nitrogens with one attached hydrogen (secondary N) is 1. The first-order valence-corrected chi connectivity index (χ1v) is 6.31. The van der Waals surface area contributed by atoms with Gasteiger partial charge in [0.2, 0.25) is 0 Å². The molecule has 2 rings (SSSR count). The van der Waals surface area contributed by atoms with Crippen molar-refractivity contribution in [3.63, 3.8) is 0 Å². The highest BCUT2D eigenvalue weighted by Crippen LogP contribution is 2.14. The summed E-state index contributed by atoms with van der Waals surface area (Å²) in [6.45, 7) is 0. The number of anilines is 1. The maximum absolute atomic E-state index is 12.2. The van der Waals surface area contributed by atoms with Gasteiger partial charge in [-0.3, -0.25) is 20.0 Å². The first kappa shape index (κ1) is 13.5. The molecule has 98 valence electrons. The zero-order valence-electron chi connectivity index (χ0n) is 10.2. The molecule has 1 aromatic carbocycles. The molecular weight excluding hydrogens is 310 g/mol. The van der Waals surface area contributed by atoms with Gasteiger partial charge in [-0.1, -0.05) is 22.0 Å². The lowest BCUT2D eigenvalue weighted by molar-refractivity contribution is -0.0764. The number of halogens is 1. The lowest BCUT2D eigenvalue weighted by atomic mass is 10.2. The van der Waals surface area contributed by atoms with Gasteiger partial charge < -0.3 is 0 Å². The summed E-state index contributed by atoms with van der Waals surface area (Å²) in [6, 6.07) is 10.6. The minimum Gasteiger partial charge on any atom is -0.271 e. The number of benzene rings is 1. The molecule has 0 radical (unpaired) electrons. The summed E-state index contributed by atoms with van der Waals surface area (Å²) in [6.07, 6.45) is 3.25. The Hall–Kier alpha value is -1.92. The molecule has 0 aliphatic heterocycles. The van der Waals surface area contributed by atoms with E-state index in [2.05, 4.69) is 26.3 Å². The largest absolute Gasteiger partial charge is 0.297 e. The number of amides is 1. The van der Waals surface area contributed by atoms with Crippen LogP contribution in [0.15, 0.2) is 53.3 Å². The van der Waals surface area contributed by atoms with Crippen LogP contribution in [0.25, 0.3) is 0 Å². The number of hydroxylamine groups is 1. The summed E-state index contributed by atoms with van der Waals surface area (Å²) in [7, 11) is 1.42. The van der Waals surface area contributed by atoms with Crippen LogP contribution in [0.3, 0.4) is 0 Å². The van der Waals surface area contributed by atoms with Gasteiger partial charge in [-0.2, -0.15) is 0 Å². The molecule has 0 spiro atoms. The van der Waals surface area contributed by atoms with Crippen molar-refractivity contribution in [3.8, 4) is 0 Å². The Morgan fingerprint density at radius 3 is 2.68 bits per heavy atom. The van der Waals surface area contributed by atoms with Gasteiger partial charge in [0.05, 0.1) is 12.8 Å². The van der Waals surface area contributed by atoms with Gasteiger partial charge in [-0.05, 0) is 30.3 Å². The van der Waals surface area contributed by atoms with Crippen LogP contribution in [0.2, 0.25) is 0 Å². The predicted molar refractivity (Wildman–Crippen MR) is 75.2 cm³/mol. The lowest BCUT2D eigenvalue weighted by Crippen LogP contribution is -2.35. The molecule has 0 unspecified atom stereocenters. The molecule has 2 aromatic rings. The third kappa shape index (κ3) is 3.52. The van der Waals surface area contributed by atoms with Crippen LogP contribution in [-0.2, 0) is 4.84 Å². The monoisotopic (exact) mass is 321 g/mol.